The molecule has 0 saturated carbocycles. The monoisotopic (exact) mass is 294 g/mol. The van der Waals surface area contributed by atoms with Crippen molar-refractivity contribution in [2.75, 3.05) is 6.54 Å². The highest BCUT2D eigenvalue weighted by Crippen LogP contribution is 2.28. The minimum Gasteiger partial charge on any atom is -0.383 e. The molecular formula is C15H16F2N2O2. The number of nitrogens with one attached hydrogen (secondary N) is 2. The summed E-state index contributed by atoms with van der Waals surface area (Å²) >= 11 is 0. The van der Waals surface area contributed by atoms with Crippen LogP contribution in [0.3, 0.4) is 0 Å². The van der Waals surface area contributed by atoms with Crippen LogP contribution >= 0.6 is 0 Å². The number of halogens is 2. The number of H-pyrrole nitrogens is 1. The number of rotatable bonds is 3. The van der Waals surface area contributed by atoms with Gasteiger partial charge in [-0.2, -0.15) is 5.16 Å². The molecule has 0 radical (unpaired) electrons. The Morgan fingerprint density at radius 3 is 2.81 bits per heavy atom. The first kappa shape index (κ1) is 14.0. The lowest BCUT2D eigenvalue weighted by atomic mass is 9.87. The third-order valence-electron chi connectivity index (χ3n) is 3.91. The molecule has 2 aromatic rings. The van der Waals surface area contributed by atoms with Crippen molar-refractivity contribution in [3.05, 3.63) is 57.6 Å². The van der Waals surface area contributed by atoms with Gasteiger partial charge in [-0.05, 0) is 43.5 Å². The van der Waals surface area contributed by atoms with Crippen LogP contribution in [0, 0.1) is 11.6 Å². The van der Waals surface area contributed by atoms with Gasteiger partial charge in [0.1, 0.15) is 5.76 Å². The Morgan fingerprint density at radius 1 is 1.24 bits per heavy atom. The zero-order valence-electron chi connectivity index (χ0n) is 11.4. The molecule has 1 aromatic carbocycles. The van der Waals surface area contributed by atoms with Crippen LogP contribution in [-0.4, -0.2) is 17.7 Å². The van der Waals surface area contributed by atoms with Crippen molar-refractivity contribution in [1.82, 2.24) is 10.5 Å². The maximum atomic E-state index is 13.2. The average molecular weight is 294 g/mol. The van der Waals surface area contributed by atoms with Gasteiger partial charge >= 0.3 is 0 Å². The van der Waals surface area contributed by atoms with E-state index in [-0.39, 0.29) is 17.5 Å². The van der Waals surface area contributed by atoms with Crippen molar-refractivity contribution >= 4 is 0 Å². The zero-order valence-corrected chi connectivity index (χ0v) is 11.4. The molecule has 1 aliphatic rings. The highest BCUT2D eigenvalue weighted by molar-refractivity contribution is 5.19. The molecule has 1 fully saturated rings. The van der Waals surface area contributed by atoms with Gasteiger partial charge in [-0.3, -0.25) is 4.79 Å². The van der Waals surface area contributed by atoms with Gasteiger partial charge < -0.3 is 9.84 Å². The second-order valence-corrected chi connectivity index (χ2v) is 5.44. The van der Waals surface area contributed by atoms with E-state index in [2.05, 4.69) is 10.5 Å². The zero-order chi connectivity index (χ0) is 14.8. The maximum absolute atomic E-state index is 13.2. The van der Waals surface area contributed by atoms with Gasteiger partial charge in [-0.25, -0.2) is 8.78 Å². The summed E-state index contributed by atoms with van der Waals surface area (Å²) in [5.41, 5.74) is 0.517. The number of hydrogen-bond acceptors (Lipinski definition) is 3. The SMILES string of the molecule is O=c1cc([C@H]2CCN[C@@H](Cc3ccc(F)c(F)c3)C2)o[nH]1. The number of aromatic amines is 1. The first-order valence-corrected chi connectivity index (χ1v) is 6.97. The smallest absolute Gasteiger partial charge is 0.280 e. The lowest BCUT2D eigenvalue weighted by Crippen LogP contribution is -2.38. The fourth-order valence-corrected chi connectivity index (χ4v) is 2.87. The first-order valence-electron chi connectivity index (χ1n) is 6.97. The van der Waals surface area contributed by atoms with Crippen LogP contribution in [0.1, 0.15) is 30.1 Å². The third-order valence-corrected chi connectivity index (χ3v) is 3.91. The van der Waals surface area contributed by atoms with Gasteiger partial charge in [-0.1, -0.05) is 6.07 Å². The predicted octanol–water partition coefficient (Wildman–Crippen LogP) is 2.32. The van der Waals surface area contributed by atoms with Crippen molar-refractivity contribution in [1.29, 1.82) is 0 Å². The van der Waals surface area contributed by atoms with Crippen molar-refractivity contribution in [2.45, 2.75) is 31.2 Å². The number of benzene rings is 1. The summed E-state index contributed by atoms with van der Waals surface area (Å²) in [7, 11) is 0. The average Bonchev–Trinajstić information content (AvgIpc) is 2.90. The molecule has 2 atom stereocenters. The van der Waals surface area contributed by atoms with Crippen LogP contribution in [0.15, 0.2) is 33.6 Å². The van der Waals surface area contributed by atoms with Crippen LogP contribution < -0.4 is 10.9 Å². The minimum absolute atomic E-state index is 0.147. The molecule has 3 rings (SSSR count). The first-order chi connectivity index (χ1) is 10.1. The van der Waals surface area contributed by atoms with E-state index in [1.54, 1.807) is 6.07 Å². The molecule has 1 saturated heterocycles. The summed E-state index contributed by atoms with van der Waals surface area (Å²) in [5, 5.41) is 5.66. The van der Waals surface area contributed by atoms with E-state index in [4.69, 9.17) is 4.52 Å². The van der Waals surface area contributed by atoms with Crippen LogP contribution in [0.5, 0.6) is 0 Å². The van der Waals surface area contributed by atoms with Gasteiger partial charge in [-0.15, -0.1) is 0 Å². The topological polar surface area (TPSA) is 58.0 Å². The Morgan fingerprint density at radius 2 is 2.10 bits per heavy atom. The van der Waals surface area contributed by atoms with Crippen molar-refractivity contribution in [3.63, 3.8) is 0 Å². The quantitative estimate of drug-likeness (QED) is 0.913. The Balaban J connectivity index is 1.68. The molecule has 2 N–H and O–H groups in total. The van der Waals surface area contributed by atoms with E-state index in [0.717, 1.165) is 31.0 Å². The predicted molar refractivity (Wildman–Crippen MR) is 73.2 cm³/mol. The van der Waals surface area contributed by atoms with Crippen molar-refractivity contribution in [2.24, 2.45) is 0 Å². The maximum Gasteiger partial charge on any atom is 0.280 e. The lowest BCUT2D eigenvalue weighted by Gasteiger charge is -2.29. The largest absolute Gasteiger partial charge is 0.383 e. The normalized spacial score (nSPS) is 22.4. The standard InChI is InChI=1S/C15H16F2N2O2/c16-12-2-1-9(6-13(12)17)5-11-7-10(3-4-18-11)14-8-15(20)19-21-14/h1-2,6,8,10-11,18H,3-5,7H2,(H,19,20)/t10-,11-/m0/s1. The van der Waals surface area contributed by atoms with E-state index >= 15 is 0 Å². The van der Waals surface area contributed by atoms with Gasteiger partial charge in [0.05, 0.1) is 0 Å². The second kappa shape index (κ2) is 5.81. The molecule has 4 nitrogen and oxygen atoms in total. The third kappa shape index (κ3) is 3.21. The highest BCUT2D eigenvalue weighted by atomic mass is 19.2. The molecule has 1 aromatic heterocycles. The molecule has 6 heteroatoms. The number of aromatic nitrogens is 1. The summed E-state index contributed by atoms with van der Waals surface area (Å²) in [6.45, 7) is 0.800. The summed E-state index contributed by atoms with van der Waals surface area (Å²) in [5.74, 6) is -0.823. The second-order valence-electron chi connectivity index (χ2n) is 5.44. The van der Waals surface area contributed by atoms with Gasteiger partial charge in [0.25, 0.3) is 5.56 Å². The molecular weight excluding hydrogens is 278 g/mol. The number of piperidine rings is 1. The van der Waals surface area contributed by atoms with Crippen LogP contribution in [0.2, 0.25) is 0 Å². The van der Waals surface area contributed by atoms with Crippen molar-refractivity contribution in [3.8, 4) is 0 Å². The Hall–Kier alpha value is -1.95. The van der Waals surface area contributed by atoms with Crippen LogP contribution in [-0.2, 0) is 6.42 Å². The van der Waals surface area contributed by atoms with Gasteiger partial charge in [0, 0.05) is 18.0 Å². The molecule has 112 valence electrons. The summed E-state index contributed by atoms with van der Waals surface area (Å²) in [6, 6.07) is 5.60. The lowest BCUT2D eigenvalue weighted by molar-refractivity contribution is 0.292. The molecule has 0 bridgehead atoms. The van der Waals surface area contributed by atoms with Gasteiger partial charge in [0.15, 0.2) is 11.6 Å². The summed E-state index contributed by atoms with van der Waals surface area (Å²) in [4.78, 5) is 11.1. The van der Waals surface area contributed by atoms with E-state index < -0.39 is 11.6 Å². The molecule has 0 aliphatic carbocycles. The molecule has 0 amide bonds. The van der Waals surface area contributed by atoms with E-state index in [0.29, 0.717) is 12.2 Å². The Bertz CT molecular complexity index is 680. The highest BCUT2D eigenvalue weighted by Gasteiger charge is 2.25. The number of hydrogen-bond donors (Lipinski definition) is 2. The van der Waals surface area contributed by atoms with Crippen molar-refractivity contribution < 1.29 is 13.3 Å². The van der Waals surface area contributed by atoms with Crippen LogP contribution in [0.4, 0.5) is 8.78 Å². The molecule has 0 spiro atoms. The fraction of sp³-hybridized carbons (Fsp3) is 0.400. The molecule has 21 heavy (non-hydrogen) atoms. The Kier molecular flexibility index (Phi) is 3.88. The fourth-order valence-electron chi connectivity index (χ4n) is 2.87. The van der Waals surface area contributed by atoms with E-state index in [1.807, 2.05) is 0 Å². The summed E-state index contributed by atoms with van der Waals surface area (Å²) in [6.07, 6.45) is 2.29. The Labute approximate surface area is 120 Å². The molecule has 1 aliphatic heterocycles. The van der Waals surface area contributed by atoms with E-state index in [1.165, 1.54) is 12.1 Å². The van der Waals surface area contributed by atoms with Gasteiger partial charge in [0.2, 0.25) is 0 Å². The minimum atomic E-state index is -0.831. The summed E-state index contributed by atoms with van der Waals surface area (Å²) < 4.78 is 31.3. The van der Waals surface area contributed by atoms with Crippen LogP contribution in [0.25, 0.3) is 0 Å². The van der Waals surface area contributed by atoms with E-state index in [9.17, 15) is 13.6 Å². The molecule has 2 heterocycles. The molecule has 0 unspecified atom stereocenters.